The highest BCUT2D eigenvalue weighted by molar-refractivity contribution is 7.89. The Labute approximate surface area is 102 Å². The minimum absolute atomic E-state index is 0.176. The molecule has 98 valence electrons. The molecule has 1 heterocycles. The molecule has 0 aromatic rings. The van der Waals surface area contributed by atoms with Crippen LogP contribution in [0.15, 0.2) is 0 Å². The van der Waals surface area contributed by atoms with E-state index in [0.717, 1.165) is 19.3 Å². The molecule has 0 aromatic heterocycles. The molecule has 0 spiro atoms. The van der Waals surface area contributed by atoms with Gasteiger partial charge < -0.3 is 5.11 Å². The average molecular weight is 261 g/mol. The first-order valence-corrected chi connectivity index (χ1v) is 7.85. The number of carboxylic acids is 1. The van der Waals surface area contributed by atoms with Gasteiger partial charge in [0, 0.05) is 12.6 Å². The summed E-state index contributed by atoms with van der Waals surface area (Å²) in [6, 6.07) is -0.317. The summed E-state index contributed by atoms with van der Waals surface area (Å²) in [5, 5.41) is 9.24. The molecule has 2 rings (SSSR count). The van der Waals surface area contributed by atoms with Gasteiger partial charge in [-0.25, -0.2) is 8.42 Å². The summed E-state index contributed by atoms with van der Waals surface area (Å²) in [5.41, 5.74) is 0. The molecule has 1 aliphatic heterocycles. The fourth-order valence-corrected chi connectivity index (χ4v) is 4.75. The molecule has 0 aromatic carbocycles. The lowest BCUT2D eigenvalue weighted by Crippen LogP contribution is -2.44. The Balaban J connectivity index is 2.23. The Bertz CT molecular complexity index is 392. The Morgan fingerprint density at radius 2 is 1.82 bits per heavy atom. The second-order valence-electron chi connectivity index (χ2n) is 4.93. The maximum Gasteiger partial charge on any atom is 0.308 e. The van der Waals surface area contributed by atoms with Gasteiger partial charge in [-0.2, -0.15) is 4.31 Å². The molecule has 2 unspecified atom stereocenters. The summed E-state index contributed by atoms with van der Waals surface area (Å²) in [6.45, 7) is 0.497. The topological polar surface area (TPSA) is 74.7 Å². The van der Waals surface area contributed by atoms with E-state index in [9.17, 15) is 18.3 Å². The van der Waals surface area contributed by atoms with Crippen LogP contribution < -0.4 is 0 Å². The standard InChI is InChI=1S/C11H19NO4S/c13-11(14)9-5-2-1-3-6-10(9)12-7-4-8-17(12,15)16/h9-10H,1-8H2,(H,13,14). The van der Waals surface area contributed by atoms with Crippen LogP contribution in [0.4, 0.5) is 0 Å². The van der Waals surface area contributed by atoms with Crippen LogP contribution in [-0.4, -0.2) is 42.1 Å². The van der Waals surface area contributed by atoms with Gasteiger partial charge in [0.1, 0.15) is 0 Å². The number of hydrogen-bond donors (Lipinski definition) is 1. The molecule has 1 saturated heterocycles. The molecule has 0 bridgehead atoms. The molecule has 0 amide bonds. The van der Waals surface area contributed by atoms with Crippen molar-refractivity contribution in [3.8, 4) is 0 Å². The van der Waals surface area contributed by atoms with Gasteiger partial charge >= 0.3 is 5.97 Å². The van der Waals surface area contributed by atoms with Crippen molar-refractivity contribution in [1.29, 1.82) is 0 Å². The fraction of sp³-hybridized carbons (Fsp3) is 0.909. The molecule has 17 heavy (non-hydrogen) atoms. The first kappa shape index (κ1) is 12.8. The summed E-state index contributed by atoms with van der Waals surface area (Å²) in [4.78, 5) is 11.3. The third-order valence-electron chi connectivity index (χ3n) is 3.80. The zero-order chi connectivity index (χ0) is 12.5. The summed E-state index contributed by atoms with van der Waals surface area (Å²) in [7, 11) is -3.20. The molecule has 6 heteroatoms. The molecular formula is C11H19NO4S. The van der Waals surface area contributed by atoms with Crippen LogP contribution in [0.5, 0.6) is 0 Å². The third kappa shape index (κ3) is 2.63. The van der Waals surface area contributed by atoms with E-state index in [1.165, 1.54) is 4.31 Å². The SMILES string of the molecule is O=C(O)C1CCCCCC1N1CCCS1(=O)=O. The molecule has 2 aliphatic rings. The summed E-state index contributed by atoms with van der Waals surface area (Å²) < 4.78 is 25.2. The Kier molecular flexibility index (Phi) is 3.73. The highest BCUT2D eigenvalue weighted by atomic mass is 32.2. The maximum absolute atomic E-state index is 11.9. The minimum atomic E-state index is -3.20. The lowest BCUT2D eigenvalue weighted by atomic mass is 9.95. The van der Waals surface area contributed by atoms with E-state index in [4.69, 9.17) is 0 Å². The van der Waals surface area contributed by atoms with Crippen LogP contribution in [0, 0.1) is 5.92 Å². The number of sulfonamides is 1. The Hall–Kier alpha value is -0.620. The number of nitrogens with zero attached hydrogens (tertiary/aromatic N) is 1. The van der Waals surface area contributed by atoms with Crippen LogP contribution in [0.3, 0.4) is 0 Å². The number of aliphatic carboxylic acids is 1. The lowest BCUT2D eigenvalue weighted by Gasteiger charge is -2.29. The molecule has 2 atom stereocenters. The van der Waals surface area contributed by atoms with Crippen LogP contribution >= 0.6 is 0 Å². The lowest BCUT2D eigenvalue weighted by molar-refractivity contribution is -0.143. The molecule has 5 nitrogen and oxygen atoms in total. The predicted octanol–water partition coefficient (Wildman–Crippen LogP) is 1.06. The van der Waals surface area contributed by atoms with Gasteiger partial charge in [0.05, 0.1) is 11.7 Å². The summed E-state index contributed by atoms with van der Waals surface area (Å²) in [5.74, 6) is -1.19. The molecule has 1 N–H and O–H groups in total. The maximum atomic E-state index is 11.9. The summed E-state index contributed by atoms with van der Waals surface area (Å²) >= 11 is 0. The van der Waals surface area contributed by atoms with E-state index in [1.807, 2.05) is 0 Å². The zero-order valence-electron chi connectivity index (χ0n) is 9.84. The molecule has 2 fully saturated rings. The van der Waals surface area contributed by atoms with Crippen molar-refractivity contribution in [2.45, 2.75) is 44.6 Å². The largest absolute Gasteiger partial charge is 0.481 e. The van der Waals surface area contributed by atoms with Gasteiger partial charge in [-0.15, -0.1) is 0 Å². The first-order valence-electron chi connectivity index (χ1n) is 6.25. The van der Waals surface area contributed by atoms with Crippen LogP contribution in [0.2, 0.25) is 0 Å². The van der Waals surface area contributed by atoms with E-state index in [2.05, 4.69) is 0 Å². The number of carboxylic acid groups (broad SMARTS) is 1. The van der Waals surface area contributed by atoms with Crippen molar-refractivity contribution in [2.24, 2.45) is 5.92 Å². The van der Waals surface area contributed by atoms with E-state index in [-0.39, 0.29) is 11.8 Å². The van der Waals surface area contributed by atoms with Gasteiger partial charge in [-0.1, -0.05) is 19.3 Å². The first-order chi connectivity index (χ1) is 8.02. The van der Waals surface area contributed by atoms with Crippen molar-refractivity contribution in [2.75, 3.05) is 12.3 Å². The molecule has 1 aliphatic carbocycles. The van der Waals surface area contributed by atoms with E-state index >= 15 is 0 Å². The van der Waals surface area contributed by atoms with Gasteiger partial charge in [-0.3, -0.25) is 4.79 Å². The van der Waals surface area contributed by atoms with Crippen molar-refractivity contribution in [1.82, 2.24) is 4.31 Å². The van der Waals surface area contributed by atoms with Crippen molar-refractivity contribution in [3.05, 3.63) is 0 Å². The van der Waals surface area contributed by atoms with Gasteiger partial charge in [-0.05, 0) is 19.3 Å². The Morgan fingerprint density at radius 3 is 2.41 bits per heavy atom. The second kappa shape index (κ2) is 4.94. The highest BCUT2D eigenvalue weighted by Gasteiger charge is 2.41. The number of hydrogen-bond acceptors (Lipinski definition) is 3. The van der Waals surface area contributed by atoms with Gasteiger partial charge in [0.2, 0.25) is 10.0 Å². The zero-order valence-corrected chi connectivity index (χ0v) is 10.7. The normalized spacial score (nSPS) is 34.4. The smallest absolute Gasteiger partial charge is 0.308 e. The van der Waals surface area contributed by atoms with Crippen molar-refractivity contribution < 1.29 is 18.3 Å². The average Bonchev–Trinajstić information content (AvgIpc) is 2.50. The van der Waals surface area contributed by atoms with Crippen LogP contribution in [-0.2, 0) is 14.8 Å². The van der Waals surface area contributed by atoms with Crippen molar-refractivity contribution in [3.63, 3.8) is 0 Å². The Morgan fingerprint density at radius 1 is 1.12 bits per heavy atom. The van der Waals surface area contributed by atoms with E-state index < -0.39 is 21.9 Å². The van der Waals surface area contributed by atoms with Crippen LogP contribution in [0.25, 0.3) is 0 Å². The minimum Gasteiger partial charge on any atom is -0.481 e. The molecule has 1 saturated carbocycles. The second-order valence-corrected chi connectivity index (χ2v) is 6.97. The number of rotatable bonds is 2. The third-order valence-corrected chi connectivity index (χ3v) is 5.78. The predicted molar refractivity (Wildman–Crippen MR) is 63.1 cm³/mol. The van der Waals surface area contributed by atoms with E-state index in [1.54, 1.807) is 0 Å². The highest BCUT2D eigenvalue weighted by Crippen LogP contribution is 2.31. The fourth-order valence-electron chi connectivity index (χ4n) is 2.95. The van der Waals surface area contributed by atoms with Gasteiger partial charge in [0.15, 0.2) is 0 Å². The molecule has 0 radical (unpaired) electrons. The van der Waals surface area contributed by atoms with Crippen LogP contribution in [0.1, 0.15) is 38.5 Å². The van der Waals surface area contributed by atoms with Gasteiger partial charge in [0.25, 0.3) is 0 Å². The number of carbonyl (C=O) groups is 1. The van der Waals surface area contributed by atoms with E-state index in [0.29, 0.717) is 25.8 Å². The van der Waals surface area contributed by atoms with Crippen molar-refractivity contribution >= 4 is 16.0 Å². The monoisotopic (exact) mass is 261 g/mol. The quantitative estimate of drug-likeness (QED) is 0.754. The summed E-state index contributed by atoms with van der Waals surface area (Å²) in [6.07, 6.45) is 4.75. The molecular weight excluding hydrogens is 242 g/mol.